The van der Waals surface area contributed by atoms with Crippen molar-refractivity contribution in [2.45, 2.75) is 6.54 Å². The number of hydrogen-bond acceptors (Lipinski definition) is 1. The Bertz CT molecular complexity index is 981. The average Bonchev–Trinajstić information content (AvgIpc) is 2.92. The highest BCUT2D eigenvalue weighted by molar-refractivity contribution is 6.32. The molecule has 3 heteroatoms. The van der Waals surface area contributed by atoms with Crippen LogP contribution in [-0.2, 0) is 6.54 Å². The first-order chi connectivity index (χ1) is 11.2. The SMILES string of the molecule is C#CCn1cc(C=C(C#N)c2ccccc2Cl)c2ccccc21. The van der Waals surface area contributed by atoms with Gasteiger partial charge in [-0.25, -0.2) is 0 Å². The van der Waals surface area contributed by atoms with E-state index in [0.717, 1.165) is 22.0 Å². The molecule has 1 heterocycles. The number of halogens is 1. The van der Waals surface area contributed by atoms with Gasteiger partial charge in [0.05, 0.1) is 18.2 Å². The van der Waals surface area contributed by atoms with Gasteiger partial charge in [0.1, 0.15) is 0 Å². The molecule has 0 amide bonds. The predicted octanol–water partition coefficient (Wildman–Crippen LogP) is 4.99. The molecule has 0 fully saturated rings. The molecule has 2 nitrogen and oxygen atoms in total. The van der Waals surface area contributed by atoms with Crippen LogP contribution < -0.4 is 0 Å². The fraction of sp³-hybridized carbons (Fsp3) is 0.0500. The van der Waals surface area contributed by atoms with E-state index in [2.05, 4.69) is 12.0 Å². The minimum absolute atomic E-state index is 0.488. The highest BCUT2D eigenvalue weighted by Crippen LogP contribution is 2.28. The highest BCUT2D eigenvalue weighted by atomic mass is 35.5. The molecule has 0 atom stereocenters. The molecule has 0 bridgehead atoms. The van der Waals surface area contributed by atoms with Crippen molar-refractivity contribution in [3.8, 4) is 18.4 Å². The van der Waals surface area contributed by atoms with Crippen molar-refractivity contribution in [3.63, 3.8) is 0 Å². The summed E-state index contributed by atoms with van der Waals surface area (Å²) in [5.74, 6) is 2.65. The number of fused-ring (bicyclic) bond motifs is 1. The lowest BCUT2D eigenvalue weighted by molar-refractivity contribution is 0.886. The normalized spacial score (nSPS) is 11.2. The molecular formula is C20H13ClN2. The van der Waals surface area contributed by atoms with Crippen molar-refractivity contribution >= 4 is 34.2 Å². The third-order valence-corrected chi connectivity index (χ3v) is 3.99. The molecular weight excluding hydrogens is 304 g/mol. The summed E-state index contributed by atoms with van der Waals surface area (Å²) in [4.78, 5) is 0. The molecule has 1 aromatic heterocycles. The topological polar surface area (TPSA) is 28.7 Å². The van der Waals surface area contributed by atoms with Crippen LogP contribution in [0.4, 0.5) is 0 Å². The third kappa shape index (κ3) is 2.86. The van der Waals surface area contributed by atoms with E-state index >= 15 is 0 Å². The van der Waals surface area contributed by atoms with Crippen molar-refractivity contribution in [3.05, 3.63) is 70.9 Å². The van der Waals surface area contributed by atoms with Gasteiger partial charge < -0.3 is 4.57 Å². The van der Waals surface area contributed by atoms with E-state index in [4.69, 9.17) is 18.0 Å². The van der Waals surface area contributed by atoms with Crippen LogP contribution >= 0.6 is 11.6 Å². The van der Waals surface area contributed by atoms with Gasteiger partial charge in [0.15, 0.2) is 0 Å². The van der Waals surface area contributed by atoms with Gasteiger partial charge in [0, 0.05) is 33.2 Å². The Balaban J connectivity index is 2.19. The highest BCUT2D eigenvalue weighted by Gasteiger charge is 2.09. The van der Waals surface area contributed by atoms with Crippen LogP contribution in [0.2, 0.25) is 5.02 Å². The second-order valence-corrected chi connectivity index (χ2v) is 5.49. The molecule has 3 rings (SSSR count). The fourth-order valence-electron chi connectivity index (χ4n) is 2.62. The number of rotatable bonds is 3. The minimum atomic E-state index is 0.488. The first kappa shape index (κ1) is 15.0. The number of aromatic nitrogens is 1. The molecule has 110 valence electrons. The van der Waals surface area contributed by atoms with Gasteiger partial charge in [-0.05, 0) is 18.2 Å². The Morgan fingerprint density at radius 1 is 1.17 bits per heavy atom. The number of nitriles is 1. The van der Waals surface area contributed by atoms with Crippen LogP contribution in [0.3, 0.4) is 0 Å². The maximum Gasteiger partial charge on any atom is 0.0998 e. The lowest BCUT2D eigenvalue weighted by atomic mass is 10.0. The molecule has 0 unspecified atom stereocenters. The van der Waals surface area contributed by atoms with Crippen molar-refractivity contribution in [1.82, 2.24) is 4.57 Å². The smallest absolute Gasteiger partial charge is 0.0998 e. The Kier molecular flexibility index (Phi) is 4.20. The molecule has 0 spiro atoms. The second kappa shape index (κ2) is 6.44. The van der Waals surface area contributed by atoms with Crippen molar-refractivity contribution in [1.29, 1.82) is 5.26 Å². The van der Waals surface area contributed by atoms with Gasteiger partial charge in [-0.15, -0.1) is 6.42 Å². The van der Waals surface area contributed by atoms with Gasteiger partial charge in [-0.1, -0.05) is 53.9 Å². The maximum atomic E-state index is 9.53. The van der Waals surface area contributed by atoms with Crippen LogP contribution in [-0.4, -0.2) is 4.57 Å². The molecule has 0 radical (unpaired) electrons. The third-order valence-electron chi connectivity index (χ3n) is 3.67. The predicted molar refractivity (Wildman–Crippen MR) is 95.7 cm³/mol. The van der Waals surface area contributed by atoms with Gasteiger partial charge >= 0.3 is 0 Å². The molecule has 2 aromatic carbocycles. The summed E-state index contributed by atoms with van der Waals surface area (Å²) in [5, 5.41) is 11.2. The van der Waals surface area contributed by atoms with Crippen molar-refractivity contribution in [2.75, 3.05) is 0 Å². The summed E-state index contributed by atoms with van der Waals surface area (Å²) in [7, 11) is 0. The number of nitrogens with zero attached hydrogens (tertiary/aromatic N) is 2. The monoisotopic (exact) mass is 316 g/mol. The Morgan fingerprint density at radius 3 is 2.65 bits per heavy atom. The molecule has 0 aliphatic heterocycles. The van der Waals surface area contributed by atoms with Crippen LogP contribution in [0.5, 0.6) is 0 Å². The fourth-order valence-corrected chi connectivity index (χ4v) is 2.86. The molecule has 23 heavy (non-hydrogen) atoms. The van der Waals surface area contributed by atoms with Gasteiger partial charge in [-0.3, -0.25) is 0 Å². The van der Waals surface area contributed by atoms with Crippen LogP contribution in [0.25, 0.3) is 22.6 Å². The number of benzene rings is 2. The number of allylic oxidation sites excluding steroid dienone is 1. The summed E-state index contributed by atoms with van der Waals surface area (Å²) >= 11 is 6.21. The summed E-state index contributed by atoms with van der Waals surface area (Å²) < 4.78 is 2.00. The van der Waals surface area contributed by atoms with Crippen molar-refractivity contribution in [2.24, 2.45) is 0 Å². The Morgan fingerprint density at radius 2 is 1.91 bits per heavy atom. The average molecular weight is 317 g/mol. The zero-order valence-corrected chi connectivity index (χ0v) is 13.1. The largest absolute Gasteiger partial charge is 0.335 e. The van der Waals surface area contributed by atoms with Crippen molar-refractivity contribution < 1.29 is 0 Å². The zero-order chi connectivity index (χ0) is 16.2. The Hall–Kier alpha value is -2.94. The lowest BCUT2D eigenvalue weighted by Crippen LogP contribution is -1.91. The molecule has 0 saturated carbocycles. The molecule has 3 aromatic rings. The molecule has 0 N–H and O–H groups in total. The van der Waals surface area contributed by atoms with Gasteiger partial charge in [-0.2, -0.15) is 5.26 Å². The number of hydrogen-bond donors (Lipinski definition) is 0. The molecule has 0 aliphatic carbocycles. The van der Waals surface area contributed by atoms with Gasteiger partial charge in [0.25, 0.3) is 0 Å². The van der Waals surface area contributed by atoms with E-state index in [9.17, 15) is 5.26 Å². The summed E-state index contributed by atoms with van der Waals surface area (Å²) in [5.41, 5.74) is 3.25. The Labute approximate surface area is 140 Å². The summed E-state index contributed by atoms with van der Waals surface area (Å²) in [6.07, 6.45) is 9.27. The number of para-hydroxylation sites is 1. The molecule has 0 saturated heterocycles. The minimum Gasteiger partial charge on any atom is -0.335 e. The van der Waals surface area contributed by atoms with E-state index < -0.39 is 0 Å². The van der Waals surface area contributed by atoms with E-state index in [1.807, 2.05) is 59.3 Å². The van der Waals surface area contributed by atoms with E-state index in [-0.39, 0.29) is 0 Å². The maximum absolute atomic E-state index is 9.53. The summed E-state index contributed by atoms with van der Waals surface area (Å²) in [6, 6.07) is 17.6. The standard InChI is InChI=1S/C20H13ClN2/c1-2-11-23-14-16(18-8-4-6-10-20(18)23)12-15(13-22)17-7-3-5-9-19(17)21/h1,3-10,12,14H,11H2. The zero-order valence-electron chi connectivity index (χ0n) is 12.3. The van der Waals surface area contributed by atoms with Gasteiger partial charge in [0.2, 0.25) is 0 Å². The van der Waals surface area contributed by atoms with E-state index in [0.29, 0.717) is 17.1 Å². The van der Waals surface area contributed by atoms with E-state index in [1.165, 1.54) is 0 Å². The first-order valence-corrected chi connectivity index (χ1v) is 7.50. The second-order valence-electron chi connectivity index (χ2n) is 5.08. The molecule has 0 aliphatic rings. The number of terminal acetylenes is 1. The first-order valence-electron chi connectivity index (χ1n) is 7.12. The quantitative estimate of drug-likeness (QED) is 0.494. The van der Waals surface area contributed by atoms with Crippen LogP contribution in [0.15, 0.2) is 54.7 Å². The van der Waals surface area contributed by atoms with Crippen LogP contribution in [0, 0.1) is 23.7 Å². The van der Waals surface area contributed by atoms with Crippen LogP contribution in [0.1, 0.15) is 11.1 Å². The van der Waals surface area contributed by atoms with E-state index in [1.54, 1.807) is 6.07 Å². The summed E-state index contributed by atoms with van der Waals surface area (Å²) in [6.45, 7) is 0.488. The lowest BCUT2D eigenvalue weighted by Gasteiger charge is -2.01.